The number of amides is 1. The minimum Gasteiger partial charge on any atom is -0.444 e. The Bertz CT molecular complexity index is 488. The van der Waals surface area contributed by atoms with Gasteiger partial charge in [0.05, 0.1) is 0 Å². The lowest BCUT2D eigenvalue weighted by Crippen LogP contribution is -2.44. The van der Waals surface area contributed by atoms with Gasteiger partial charge in [0.15, 0.2) is 0 Å². The molecule has 0 bridgehead atoms. The van der Waals surface area contributed by atoms with Gasteiger partial charge in [0, 0.05) is 29.7 Å². The van der Waals surface area contributed by atoms with Gasteiger partial charge in [0.1, 0.15) is 5.60 Å². The van der Waals surface area contributed by atoms with E-state index in [0.29, 0.717) is 6.04 Å². The van der Waals surface area contributed by atoms with E-state index >= 15 is 0 Å². The van der Waals surface area contributed by atoms with E-state index in [2.05, 4.69) is 35.8 Å². The molecule has 0 spiro atoms. The van der Waals surface area contributed by atoms with Crippen molar-refractivity contribution in [3.8, 4) is 0 Å². The molecule has 0 aliphatic carbocycles. The molecule has 1 aliphatic rings. The number of piperidine rings is 1. The predicted molar refractivity (Wildman–Crippen MR) is 92.7 cm³/mol. The summed E-state index contributed by atoms with van der Waals surface area (Å²) >= 11 is 1.75. The predicted octanol–water partition coefficient (Wildman–Crippen LogP) is 4.22. The van der Waals surface area contributed by atoms with Gasteiger partial charge in [-0.15, -0.1) is 11.8 Å². The molecule has 4 nitrogen and oxygen atoms in total. The zero-order valence-corrected chi connectivity index (χ0v) is 14.7. The molecule has 2 rings (SSSR count). The maximum atomic E-state index is 12.0. The third kappa shape index (κ3) is 5.13. The SMILES string of the molecule is CSc1ccc(NC2CCN(C(=O)OC(C)(C)C)CC2)cc1. The second-order valence-corrected chi connectivity index (χ2v) is 7.49. The Morgan fingerprint density at radius 3 is 2.32 bits per heavy atom. The van der Waals surface area contributed by atoms with Crippen molar-refractivity contribution in [3.05, 3.63) is 24.3 Å². The van der Waals surface area contributed by atoms with Crippen LogP contribution < -0.4 is 5.32 Å². The van der Waals surface area contributed by atoms with E-state index in [-0.39, 0.29) is 6.09 Å². The van der Waals surface area contributed by atoms with Crippen LogP contribution in [0.15, 0.2) is 29.2 Å². The largest absolute Gasteiger partial charge is 0.444 e. The van der Waals surface area contributed by atoms with Crippen LogP contribution >= 0.6 is 11.8 Å². The number of thioether (sulfide) groups is 1. The van der Waals surface area contributed by atoms with Crippen molar-refractivity contribution in [2.45, 2.75) is 50.2 Å². The molecule has 1 heterocycles. The van der Waals surface area contributed by atoms with E-state index in [1.54, 1.807) is 16.7 Å². The number of ether oxygens (including phenoxy) is 1. The van der Waals surface area contributed by atoms with E-state index in [1.807, 2.05) is 20.8 Å². The summed E-state index contributed by atoms with van der Waals surface area (Å²) in [7, 11) is 0. The molecule has 1 saturated heterocycles. The van der Waals surface area contributed by atoms with Gasteiger partial charge in [-0.05, 0) is 64.1 Å². The summed E-state index contributed by atoms with van der Waals surface area (Å²) in [4.78, 5) is 15.1. The normalized spacial score (nSPS) is 16.5. The lowest BCUT2D eigenvalue weighted by molar-refractivity contribution is 0.0210. The van der Waals surface area contributed by atoms with E-state index in [9.17, 15) is 4.79 Å². The van der Waals surface area contributed by atoms with Crippen molar-refractivity contribution in [1.82, 2.24) is 4.90 Å². The highest BCUT2D eigenvalue weighted by Crippen LogP contribution is 2.21. The Morgan fingerprint density at radius 2 is 1.82 bits per heavy atom. The first-order chi connectivity index (χ1) is 10.4. The van der Waals surface area contributed by atoms with E-state index < -0.39 is 5.60 Å². The number of likely N-dealkylation sites (tertiary alicyclic amines) is 1. The summed E-state index contributed by atoms with van der Waals surface area (Å²) in [6, 6.07) is 8.91. The monoisotopic (exact) mass is 322 g/mol. The number of nitrogens with zero attached hydrogens (tertiary/aromatic N) is 1. The number of anilines is 1. The highest BCUT2D eigenvalue weighted by Gasteiger charge is 2.26. The van der Waals surface area contributed by atoms with Crippen LogP contribution in [0, 0.1) is 0 Å². The standard InChI is InChI=1S/C17H26N2O2S/c1-17(2,3)21-16(20)19-11-9-14(10-12-19)18-13-5-7-15(22-4)8-6-13/h5-8,14,18H,9-12H2,1-4H3. The molecule has 1 aromatic carbocycles. The number of hydrogen-bond acceptors (Lipinski definition) is 4. The van der Waals surface area contributed by atoms with Gasteiger partial charge >= 0.3 is 6.09 Å². The first-order valence-corrected chi connectivity index (χ1v) is 8.98. The molecule has 1 amide bonds. The van der Waals surface area contributed by atoms with E-state index in [1.165, 1.54) is 4.90 Å². The lowest BCUT2D eigenvalue weighted by atomic mass is 10.0. The minimum absolute atomic E-state index is 0.199. The van der Waals surface area contributed by atoms with Crippen LogP contribution in [0.25, 0.3) is 0 Å². The number of carbonyl (C=O) groups excluding carboxylic acids is 1. The highest BCUT2D eigenvalue weighted by atomic mass is 32.2. The molecule has 0 radical (unpaired) electrons. The first kappa shape index (κ1) is 17.0. The molecule has 0 atom stereocenters. The van der Waals surface area contributed by atoms with Gasteiger partial charge in [0.2, 0.25) is 0 Å². The molecule has 1 N–H and O–H groups in total. The van der Waals surface area contributed by atoms with E-state index in [4.69, 9.17) is 4.74 Å². The molecule has 0 saturated carbocycles. The summed E-state index contributed by atoms with van der Waals surface area (Å²) in [5.41, 5.74) is 0.721. The molecule has 0 aromatic heterocycles. The zero-order chi connectivity index (χ0) is 16.2. The maximum absolute atomic E-state index is 12.0. The fourth-order valence-electron chi connectivity index (χ4n) is 2.46. The number of rotatable bonds is 3. The second kappa shape index (κ2) is 7.27. The molecule has 1 fully saturated rings. The zero-order valence-electron chi connectivity index (χ0n) is 13.9. The Labute approximate surface area is 137 Å². The van der Waals surface area contributed by atoms with Crippen molar-refractivity contribution < 1.29 is 9.53 Å². The van der Waals surface area contributed by atoms with Crippen molar-refractivity contribution in [1.29, 1.82) is 0 Å². The van der Waals surface area contributed by atoms with Gasteiger partial charge in [-0.3, -0.25) is 0 Å². The van der Waals surface area contributed by atoms with E-state index in [0.717, 1.165) is 31.6 Å². The maximum Gasteiger partial charge on any atom is 0.410 e. The van der Waals surface area contributed by atoms with Crippen LogP contribution in [-0.4, -0.2) is 42.0 Å². The minimum atomic E-state index is -0.425. The number of nitrogens with one attached hydrogen (secondary N) is 1. The summed E-state index contributed by atoms with van der Waals surface area (Å²) < 4.78 is 5.42. The lowest BCUT2D eigenvalue weighted by Gasteiger charge is -2.34. The highest BCUT2D eigenvalue weighted by molar-refractivity contribution is 7.98. The summed E-state index contributed by atoms with van der Waals surface area (Å²) in [6.45, 7) is 7.19. The Kier molecular flexibility index (Phi) is 5.62. The third-order valence-corrected chi connectivity index (χ3v) is 4.35. The number of benzene rings is 1. The van der Waals surface area contributed by atoms with Crippen LogP contribution in [0.1, 0.15) is 33.6 Å². The van der Waals surface area contributed by atoms with Crippen LogP contribution in [0.3, 0.4) is 0 Å². The average Bonchev–Trinajstić information content (AvgIpc) is 2.47. The van der Waals surface area contributed by atoms with Crippen molar-refractivity contribution >= 4 is 23.5 Å². The first-order valence-electron chi connectivity index (χ1n) is 7.76. The Balaban J connectivity index is 1.80. The fraction of sp³-hybridized carbons (Fsp3) is 0.588. The van der Waals surface area contributed by atoms with Gasteiger partial charge in [0.25, 0.3) is 0 Å². The van der Waals surface area contributed by atoms with Crippen molar-refractivity contribution in [3.63, 3.8) is 0 Å². The van der Waals surface area contributed by atoms with Gasteiger partial charge in [-0.25, -0.2) is 4.79 Å². The van der Waals surface area contributed by atoms with Crippen LogP contribution in [-0.2, 0) is 4.74 Å². The number of carbonyl (C=O) groups is 1. The summed E-state index contributed by atoms with van der Waals surface area (Å²) in [5.74, 6) is 0. The Hall–Kier alpha value is -1.36. The molecule has 1 aromatic rings. The van der Waals surface area contributed by atoms with Crippen LogP contribution in [0.2, 0.25) is 0 Å². The van der Waals surface area contributed by atoms with Crippen LogP contribution in [0.5, 0.6) is 0 Å². The van der Waals surface area contributed by atoms with Crippen molar-refractivity contribution in [2.24, 2.45) is 0 Å². The third-order valence-electron chi connectivity index (χ3n) is 3.61. The summed E-state index contributed by atoms with van der Waals surface area (Å²) in [6.07, 6.45) is 3.78. The molecule has 122 valence electrons. The molecule has 1 aliphatic heterocycles. The quantitative estimate of drug-likeness (QED) is 0.846. The molecular formula is C17H26N2O2S. The second-order valence-electron chi connectivity index (χ2n) is 6.61. The number of hydrogen-bond donors (Lipinski definition) is 1. The molecule has 5 heteroatoms. The average molecular weight is 322 g/mol. The van der Waals surface area contributed by atoms with Gasteiger partial charge in [-0.2, -0.15) is 0 Å². The summed E-state index contributed by atoms with van der Waals surface area (Å²) in [5, 5.41) is 3.55. The van der Waals surface area contributed by atoms with Crippen molar-refractivity contribution in [2.75, 3.05) is 24.7 Å². The Morgan fingerprint density at radius 1 is 1.23 bits per heavy atom. The fourth-order valence-corrected chi connectivity index (χ4v) is 2.86. The smallest absolute Gasteiger partial charge is 0.410 e. The molecule has 0 unspecified atom stereocenters. The topological polar surface area (TPSA) is 41.6 Å². The van der Waals surface area contributed by atoms with Crippen LogP contribution in [0.4, 0.5) is 10.5 Å². The molecular weight excluding hydrogens is 296 g/mol. The van der Waals surface area contributed by atoms with Gasteiger partial charge < -0.3 is 15.0 Å². The molecule has 22 heavy (non-hydrogen) atoms. The van der Waals surface area contributed by atoms with Gasteiger partial charge in [-0.1, -0.05) is 0 Å².